The van der Waals surface area contributed by atoms with Crippen LogP contribution < -0.4 is 10.6 Å². The quantitative estimate of drug-likeness (QED) is 0.893. The summed E-state index contributed by atoms with van der Waals surface area (Å²) >= 11 is 0. The predicted molar refractivity (Wildman–Crippen MR) is 91.6 cm³/mol. The first-order valence-corrected chi connectivity index (χ1v) is 8.70. The highest BCUT2D eigenvalue weighted by molar-refractivity contribution is 6.06. The summed E-state index contributed by atoms with van der Waals surface area (Å²) in [6.07, 6.45) is 4.67. The topological polar surface area (TPSA) is 54.0 Å². The maximum absolute atomic E-state index is 12.7. The van der Waals surface area contributed by atoms with Crippen molar-refractivity contribution in [2.75, 3.05) is 19.6 Å². The van der Waals surface area contributed by atoms with Gasteiger partial charge < -0.3 is 10.6 Å². The van der Waals surface area contributed by atoms with Crippen LogP contribution in [0, 0.1) is 5.92 Å². The molecule has 2 aliphatic rings. The zero-order valence-corrected chi connectivity index (χ0v) is 13.3. The van der Waals surface area contributed by atoms with E-state index in [1.54, 1.807) is 0 Å². The number of benzene rings is 1. The number of rotatable bonds is 5. The molecule has 1 atom stereocenters. The number of amides is 1. The molecule has 4 heteroatoms. The van der Waals surface area contributed by atoms with Crippen LogP contribution >= 0.6 is 0 Å². The molecule has 1 amide bonds. The molecule has 1 aliphatic carbocycles. The zero-order chi connectivity index (χ0) is 15.6. The summed E-state index contributed by atoms with van der Waals surface area (Å²) in [4.78, 5) is 17.4. The van der Waals surface area contributed by atoms with Gasteiger partial charge in [-0.05, 0) is 56.8 Å². The van der Waals surface area contributed by atoms with Gasteiger partial charge in [0.1, 0.15) is 0 Å². The van der Waals surface area contributed by atoms with Crippen LogP contribution in [0.4, 0.5) is 0 Å². The third kappa shape index (κ3) is 3.22. The summed E-state index contributed by atoms with van der Waals surface area (Å²) in [7, 11) is 0. The molecule has 1 aromatic carbocycles. The smallest absolute Gasteiger partial charge is 0.252 e. The molecule has 1 saturated heterocycles. The summed E-state index contributed by atoms with van der Waals surface area (Å²) in [5, 5.41) is 7.44. The Bertz CT molecular complexity index is 718. The summed E-state index contributed by atoms with van der Waals surface area (Å²) < 4.78 is 0. The standard InChI is InChI=1S/C19H23N3O/c23-19(21-10-8-13-7-9-20-12-13)16-11-18(14-5-6-14)22-17-4-2-1-3-15(16)17/h1-4,11,13-14,20H,5-10,12H2,(H,21,23). The van der Waals surface area contributed by atoms with Crippen LogP contribution in [0.1, 0.15) is 47.7 Å². The first kappa shape index (κ1) is 14.6. The van der Waals surface area contributed by atoms with Gasteiger partial charge in [-0.3, -0.25) is 9.78 Å². The average molecular weight is 309 g/mol. The van der Waals surface area contributed by atoms with Crippen molar-refractivity contribution in [1.29, 1.82) is 0 Å². The molecule has 0 bridgehead atoms. The Morgan fingerprint density at radius 1 is 1.26 bits per heavy atom. The molecule has 2 aromatic rings. The summed E-state index contributed by atoms with van der Waals surface area (Å²) in [5.74, 6) is 1.29. The summed E-state index contributed by atoms with van der Waals surface area (Å²) in [5.41, 5.74) is 2.79. The molecule has 1 unspecified atom stereocenters. The molecular formula is C19H23N3O. The predicted octanol–water partition coefficient (Wildman–Crippen LogP) is 2.84. The minimum Gasteiger partial charge on any atom is -0.352 e. The van der Waals surface area contributed by atoms with Gasteiger partial charge in [0.15, 0.2) is 0 Å². The summed E-state index contributed by atoms with van der Waals surface area (Å²) in [6.45, 7) is 2.94. The monoisotopic (exact) mass is 309 g/mol. The average Bonchev–Trinajstić information content (AvgIpc) is 3.31. The number of fused-ring (bicyclic) bond motifs is 1. The number of carbonyl (C=O) groups excluding carboxylic acids is 1. The molecule has 4 nitrogen and oxygen atoms in total. The number of aromatic nitrogens is 1. The van der Waals surface area contributed by atoms with Crippen molar-refractivity contribution in [3.05, 3.63) is 41.6 Å². The molecule has 0 radical (unpaired) electrons. The Morgan fingerprint density at radius 2 is 2.13 bits per heavy atom. The number of hydrogen-bond donors (Lipinski definition) is 2. The Hall–Kier alpha value is -1.94. The van der Waals surface area contributed by atoms with Crippen molar-refractivity contribution in [2.24, 2.45) is 5.92 Å². The van der Waals surface area contributed by atoms with Crippen LogP contribution in [0.15, 0.2) is 30.3 Å². The van der Waals surface area contributed by atoms with E-state index >= 15 is 0 Å². The fourth-order valence-corrected chi connectivity index (χ4v) is 3.42. The fourth-order valence-electron chi connectivity index (χ4n) is 3.42. The van der Waals surface area contributed by atoms with Gasteiger partial charge in [-0.2, -0.15) is 0 Å². The number of pyridine rings is 1. The highest BCUT2D eigenvalue weighted by Gasteiger charge is 2.27. The first-order valence-electron chi connectivity index (χ1n) is 8.70. The van der Waals surface area contributed by atoms with E-state index in [1.807, 2.05) is 30.3 Å². The van der Waals surface area contributed by atoms with Crippen molar-refractivity contribution in [1.82, 2.24) is 15.6 Å². The first-order chi connectivity index (χ1) is 11.3. The lowest BCUT2D eigenvalue weighted by Crippen LogP contribution is -2.26. The van der Waals surface area contributed by atoms with Crippen LogP contribution in [-0.4, -0.2) is 30.5 Å². The van der Waals surface area contributed by atoms with Gasteiger partial charge in [0.25, 0.3) is 5.91 Å². The lowest BCUT2D eigenvalue weighted by Gasteiger charge is -2.12. The normalized spacial score (nSPS) is 20.8. The van der Waals surface area contributed by atoms with Gasteiger partial charge >= 0.3 is 0 Å². The van der Waals surface area contributed by atoms with E-state index in [-0.39, 0.29) is 5.91 Å². The van der Waals surface area contributed by atoms with Gasteiger partial charge in [0.2, 0.25) is 0 Å². The summed E-state index contributed by atoms with van der Waals surface area (Å²) in [6, 6.07) is 9.96. The number of nitrogens with one attached hydrogen (secondary N) is 2. The third-order valence-electron chi connectivity index (χ3n) is 4.98. The van der Waals surface area contributed by atoms with E-state index < -0.39 is 0 Å². The molecule has 0 spiro atoms. The lowest BCUT2D eigenvalue weighted by atomic mass is 10.0. The third-order valence-corrected chi connectivity index (χ3v) is 4.98. The largest absolute Gasteiger partial charge is 0.352 e. The van der Waals surface area contributed by atoms with Gasteiger partial charge in [-0.15, -0.1) is 0 Å². The maximum Gasteiger partial charge on any atom is 0.252 e. The molecule has 120 valence electrons. The van der Waals surface area contributed by atoms with Gasteiger partial charge in [0, 0.05) is 23.5 Å². The van der Waals surface area contributed by atoms with E-state index in [0.29, 0.717) is 11.8 Å². The highest BCUT2D eigenvalue weighted by atomic mass is 16.1. The Morgan fingerprint density at radius 3 is 2.91 bits per heavy atom. The Balaban J connectivity index is 1.52. The molecule has 2 N–H and O–H groups in total. The van der Waals surface area contributed by atoms with Crippen molar-refractivity contribution in [2.45, 2.75) is 31.6 Å². The van der Waals surface area contributed by atoms with Crippen LogP contribution in [-0.2, 0) is 0 Å². The highest BCUT2D eigenvalue weighted by Crippen LogP contribution is 2.40. The molecule has 4 rings (SSSR count). The van der Waals surface area contributed by atoms with E-state index in [9.17, 15) is 4.79 Å². The molecule has 1 saturated carbocycles. The molecule has 2 fully saturated rings. The Labute approximate surface area is 136 Å². The molecule has 1 aliphatic heterocycles. The second-order valence-corrected chi connectivity index (χ2v) is 6.79. The minimum absolute atomic E-state index is 0.0384. The van der Waals surface area contributed by atoms with Crippen molar-refractivity contribution in [3.63, 3.8) is 0 Å². The number of carbonyl (C=O) groups is 1. The van der Waals surface area contributed by atoms with E-state index in [2.05, 4.69) is 10.6 Å². The lowest BCUT2D eigenvalue weighted by molar-refractivity contribution is 0.0953. The van der Waals surface area contributed by atoms with Gasteiger partial charge in [0.05, 0.1) is 11.1 Å². The zero-order valence-electron chi connectivity index (χ0n) is 13.3. The van der Waals surface area contributed by atoms with Crippen molar-refractivity contribution < 1.29 is 4.79 Å². The second kappa shape index (κ2) is 6.28. The number of para-hydroxylation sites is 1. The molecule has 23 heavy (non-hydrogen) atoms. The van der Waals surface area contributed by atoms with Gasteiger partial charge in [-0.25, -0.2) is 0 Å². The van der Waals surface area contributed by atoms with Crippen LogP contribution in [0.25, 0.3) is 10.9 Å². The van der Waals surface area contributed by atoms with Gasteiger partial charge in [-0.1, -0.05) is 18.2 Å². The van der Waals surface area contributed by atoms with E-state index in [4.69, 9.17) is 4.98 Å². The van der Waals surface area contributed by atoms with E-state index in [0.717, 1.165) is 48.2 Å². The van der Waals surface area contributed by atoms with E-state index in [1.165, 1.54) is 19.3 Å². The maximum atomic E-state index is 12.7. The SMILES string of the molecule is O=C(NCCC1CCNC1)c1cc(C2CC2)nc2ccccc12. The van der Waals surface area contributed by atoms with Crippen LogP contribution in [0.5, 0.6) is 0 Å². The number of hydrogen-bond acceptors (Lipinski definition) is 3. The fraction of sp³-hybridized carbons (Fsp3) is 0.474. The molecule has 1 aromatic heterocycles. The molecule has 2 heterocycles. The second-order valence-electron chi connectivity index (χ2n) is 6.79. The van der Waals surface area contributed by atoms with Crippen molar-refractivity contribution in [3.8, 4) is 0 Å². The number of nitrogens with zero attached hydrogens (tertiary/aromatic N) is 1. The van der Waals surface area contributed by atoms with Crippen molar-refractivity contribution >= 4 is 16.8 Å². The van der Waals surface area contributed by atoms with Crippen LogP contribution in [0.3, 0.4) is 0 Å². The van der Waals surface area contributed by atoms with Crippen LogP contribution in [0.2, 0.25) is 0 Å². The Kier molecular flexibility index (Phi) is 4.00. The molecular weight excluding hydrogens is 286 g/mol. The minimum atomic E-state index is 0.0384.